The van der Waals surface area contributed by atoms with E-state index in [0.29, 0.717) is 5.56 Å². The zero-order valence-electron chi connectivity index (χ0n) is 9.30. The zero-order valence-corrected chi connectivity index (χ0v) is 9.30. The Morgan fingerprint density at radius 2 is 1.82 bits per heavy atom. The molecule has 0 aliphatic carbocycles. The van der Waals surface area contributed by atoms with Crippen LogP contribution in [0.2, 0.25) is 0 Å². The molecule has 0 aliphatic rings. The second kappa shape index (κ2) is 4.03. The highest BCUT2D eigenvalue weighted by Gasteiger charge is 2.60. The first-order valence-electron chi connectivity index (χ1n) is 4.78. The van der Waals surface area contributed by atoms with Crippen molar-refractivity contribution in [1.29, 1.82) is 0 Å². The largest absolute Gasteiger partial charge is 0.479 e. The lowest BCUT2D eigenvalue weighted by Gasteiger charge is -2.29. The molecule has 1 aromatic carbocycles. The first kappa shape index (κ1) is 13.5. The van der Waals surface area contributed by atoms with E-state index < -0.39 is 23.2 Å². The van der Waals surface area contributed by atoms with Gasteiger partial charge in [0.05, 0.1) is 0 Å². The number of carbonyl (C=O) groups is 1. The minimum atomic E-state index is -5.06. The van der Waals surface area contributed by atoms with Crippen molar-refractivity contribution in [3.05, 3.63) is 34.9 Å². The van der Waals surface area contributed by atoms with Gasteiger partial charge in [-0.25, -0.2) is 4.79 Å². The molecule has 0 bridgehead atoms. The topological polar surface area (TPSA) is 63.3 Å². The number of nitrogens with two attached hydrogens (primary N) is 1. The molecule has 1 unspecified atom stereocenters. The van der Waals surface area contributed by atoms with Crippen LogP contribution in [0, 0.1) is 13.8 Å². The molecule has 0 aromatic heterocycles. The van der Waals surface area contributed by atoms with Gasteiger partial charge in [-0.2, -0.15) is 13.2 Å². The third-order valence-corrected chi connectivity index (χ3v) is 2.81. The minimum absolute atomic E-state index is 0.231. The molecule has 0 amide bonds. The molecule has 1 rings (SSSR count). The Balaban J connectivity index is 3.55. The molecule has 3 nitrogen and oxygen atoms in total. The third kappa shape index (κ3) is 2.00. The standard InChI is InChI=1S/C11H12F3NO2/c1-6-4-3-5-8(7(6)2)10(15,9(16)17)11(12,13)14/h3-5H,15H2,1-2H3,(H,16,17). The van der Waals surface area contributed by atoms with Crippen molar-refractivity contribution in [1.82, 2.24) is 0 Å². The fourth-order valence-electron chi connectivity index (χ4n) is 1.57. The third-order valence-electron chi connectivity index (χ3n) is 2.81. The summed E-state index contributed by atoms with van der Waals surface area (Å²) < 4.78 is 38.5. The summed E-state index contributed by atoms with van der Waals surface area (Å²) in [5.74, 6) is -2.11. The highest BCUT2D eigenvalue weighted by molar-refractivity contribution is 5.82. The Labute approximate surface area is 96.0 Å². The lowest BCUT2D eigenvalue weighted by atomic mass is 9.85. The first-order chi connectivity index (χ1) is 7.62. The van der Waals surface area contributed by atoms with Crippen molar-refractivity contribution in [2.24, 2.45) is 5.73 Å². The lowest BCUT2D eigenvalue weighted by molar-refractivity contribution is -0.204. The molecule has 17 heavy (non-hydrogen) atoms. The molecule has 1 atom stereocenters. The predicted octanol–water partition coefficient (Wildman–Crippen LogP) is 2.10. The average molecular weight is 247 g/mol. The van der Waals surface area contributed by atoms with Crippen LogP contribution in [0.25, 0.3) is 0 Å². The van der Waals surface area contributed by atoms with Gasteiger partial charge in [0.1, 0.15) is 0 Å². The van der Waals surface area contributed by atoms with Crippen LogP contribution in [0.5, 0.6) is 0 Å². The quantitative estimate of drug-likeness (QED) is 0.841. The number of carboxylic acids is 1. The molecule has 3 N–H and O–H groups in total. The highest BCUT2D eigenvalue weighted by atomic mass is 19.4. The Bertz CT molecular complexity index is 457. The lowest BCUT2D eigenvalue weighted by Crippen LogP contribution is -2.57. The maximum atomic E-state index is 12.8. The SMILES string of the molecule is Cc1cccc(C(N)(C(=O)O)C(F)(F)F)c1C. The monoisotopic (exact) mass is 247 g/mol. The van der Waals surface area contributed by atoms with Crippen LogP contribution in [-0.4, -0.2) is 17.3 Å². The molecule has 0 fully saturated rings. The fraction of sp³-hybridized carbons (Fsp3) is 0.364. The van der Waals surface area contributed by atoms with Crippen molar-refractivity contribution in [3.63, 3.8) is 0 Å². The number of aryl methyl sites for hydroxylation is 1. The van der Waals surface area contributed by atoms with Gasteiger partial charge in [0.25, 0.3) is 0 Å². The van der Waals surface area contributed by atoms with Crippen LogP contribution in [0.4, 0.5) is 13.2 Å². The van der Waals surface area contributed by atoms with E-state index in [1.165, 1.54) is 13.0 Å². The summed E-state index contributed by atoms with van der Waals surface area (Å²) in [6, 6.07) is 4.04. The molecule has 0 aliphatic heterocycles. The maximum absolute atomic E-state index is 12.8. The summed E-state index contributed by atoms with van der Waals surface area (Å²) in [4.78, 5) is 10.9. The van der Waals surface area contributed by atoms with Crippen molar-refractivity contribution in [2.75, 3.05) is 0 Å². The van der Waals surface area contributed by atoms with Gasteiger partial charge in [0.15, 0.2) is 0 Å². The van der Waals surface area contributed by atoms with Crippen LogP contribution in [0.15, 0.2) is 18.2 Å². The molecule has 0 saturated heterocycles. The van der Waals surface area contributed by atoms with Gasteiger partial charge in [-0.3, -0.25) is 0 Å². The molecular weight excluding hydrogens is 235 g/mol. The van der Waals surface area contributed by atoms with E-state index >= 15 is 0 Å². The number of alkyl halides is 3. The predicted molar refractivity (Wildman–Crippen MR) is 55.5 cm³/mol. The number of hydrogen-bond donors (Lipinski definition) is 2. The summed E-state index contributed by atoms with van der Waals surface area (Å²) in [7, 11) is 0. The van der Waals surface area contributed by atoms with Gasteiger partial charge < -0.3 is 10.8 Å². The number of rotatable bonds is 2. The van der Waals surface area contributed by atoms with Crippen LogP contribution in [0.3, 0.4) is 0 Å². The van der Waals surface area contributed by atoms with E-state index in [9.17, 15) is 18.0 Å². The van der Waals surface area contributed by atoms with Crippen LogP contribution >= 0.6 is 0 Å². The maximum Gasteiger partial charge on any atom is 0.421 e. The van der Waals surface area contributed by atoms with E-state index in [1.54, 1.807) is 13.0 Å². The van der Waals surface area contributed by atoms with Gasteiger partial charge >= 0.3 is 12.1 Å². The number of benzene rings is 1. The molecule has 0 saturated carbocycles. The Morgan fingerprint density at radius 3 is 2.24 bits per heavy atom. The highest BCUT2D eigenvalue weighted by Crippen LogP contribution is 2.38. The molecular formula is C11H12F3NO2. The number of carboxylic acid groups (broad SMARTS) is 1. The first-order valence-corrected chi connectivity index (χ1v) is 4.78. The van der Waals surface area contributed by atoms with Gasteiger partial charge in [0, 0.05) is 0 Å². The summed E-state index contributed by atoms with van der Waals surface area (Å²) in [5.41, 5.74) is 2.07. The zero-order chi connectivity index (χ0) is 13.4. The molecule has 6 heteroatoms. The van der Waals surface area contributed by atoms with Gasteiger partial charge in [0.2, 0.25) is 5.54 Å². The summed E-state index contributed by atoms with van der Waals surface area (Å²) in [6.07, 6.45) is -5.06. The number of aliphatic carboxylic acids is 1. The van der Waals surface area contributed by atoms with Crippen molar-refractivity contribution < 1.29 is 23.1 Å². The summed E-state index contributed by atoms with van der Waals surface area (Å²) in [5, 5.41) is 8.79. The molecule has 0 heterocycles. The average Bonchev–Trinajstić information content (AvgIpc) is 2.19. The van der Waals surface area contributed by atoms with Crippen molar-refractivity contribution >= 4 is 5.97 Å². The minimum Gasteiger partial charge on any atom is -0.479 e. The van der Waals surface area contributed by atoms with Crippen molar-refractivity contribution in [2.45, 2.75) is 25.6 Å². The van der Waals surface area contributed by atoms with Crippen LogP contribution < -0.4 is 5.73 Å². The summed E-state index contributed by atoms with van der Waals surface area (Å²) in [6.45, 7) is 3.01. The van der Waals surface area contributed by atoms with Gasteiger partial charge in [-0.15, -0.1) is 0 Å². The normalized spacial score (nSPS) is 15.4. The van der Waals surface area contributed by atoms with Gasteiger partial charge in [-0.05, 0) is 30.5 Å². The Morgan fingerprint density at radius 1 is 1.29 bits per heavy atom. The fourth-order valence-corrected chi connectivity index (χ4v) is 1.57. The van der Waals surface area contributed by atoms with Crippen LogP contribution in [-0.2, 0) is 10.3 Å². The van der Waals surface area contributed by atoms with E-state index in [-0.39, 0.29) is 5.56 Å². The number of hydrogen-bond acceptors (Lipinski definition) is 2. The summed E-state index contributed by atoms with van der Waals surface area (Å²) >= 11 is 0. The smallest absolute Gasteiger partial charge is 0.421 e. The van der Waals surface area contributed by atoms with E-state index in [2.05, 4.69) is 0 Å². The molecule has 0 spiro atoms. The van der Waals surface area contributed by atoms with Crippen LogP contribution in [0.1, 0.15) is 16.7 Å². The number of halogens is 3. The second-order valence-corrected chi connectivity index (χ2v) is 3.86. The molecule has 94 valence electrons. The molecule has 1 aromatic rings. The Hall–Kier alpha value is -1.56. The van der Waals surface area contributed by atoms with Crippen molar-refractivity contribution in [3.8, 4) is 0 Å². The Kier molecular flexibility index (Phi) is 3.20. The van der Waals surface area contributed by atoms with E-state index in [4.69, 9.17) is 10.8 Å². The second-order valence-electron chi connectivity index (χ2n) is 3.86. The van der Waals surface area contributed by atoms with E-state index in [1.807, 2.05) is 0 Å². The van der Waals surface area contributed by atoms with Gasteiger partial charge in [-0.1, -0.05) is 18.2 Å². The molecule has 0 radical (unpaired) electrons. The van der Waals surface area contributed by atoms with E-state index in [0.717, 1.165) is 6.07 Å².